The first-order valence-electron chi connectivity index (χ1n) is 11.8. The fourth-order valence-electron chi connectivity index (χ4n) is 3.80. The highest BCUT2D eigenvalue weighted by molar-refractivity contribution is 7.89. The topological polar surface area (TPSA) is 79.6 Å². The van der Waals surface area contributed by atoms with E-state index in [0.29, 0.717) is 47.6 Å². The van der Waals surface area contributed by atoms with Gasteiger partial charge in [0.25, 0.3) is 5.91 Å². The van der Waals surface area contributed by atoms with Crippen LogP contribution in [0, 0.1) is 6.92 Å². The number of hydrogen-bond acceptors (Lipinski definition) is 4. The third-order valence-electron chi connectivity index (χ3n) is 5.89. The molecule has 8 heteroatoms. The smallest absolute Gasteiger partial charge is 0.287 e. The number of carbonyl (C=O) groups excluding carboxylic acids is 1. The summed E-state index contributed by atoms with van der Waals surface area (Å²) in [6.07, 6.45) is 4.14. The minimum Gasteiger partial charge on any atom is -0.451 e. The molecule has 34 heavy (non-hydrogen) atoms. The monoisotopic (exact) mass is 504 g/mol. The van der Waals surface area contributed by atoms with Crippen LogP contribution in [0.15, 0.2) is 51.8 Å². The lowest BCUT2D eigenvalue weighted by Gasteiger charge is -2.22. The molecule has 2 aromatic carbocycles. The molecule has 0 atom stereocenters. The van der Waals surface area contributed by atoms with Crippen LogP contribution in [-0.2, 0) is 16.4 Å². The van der Waals surface area contributed by atoms with Crippen molar-refractivity contribution in [2.24, 2.45) is 0 Å². The minimum absolute atomic E-state index is 0.203. The van der Waals surface area contributed by atoms with Gasteiger partial charge < -0.3 is 9.73 Å². The molecule has 0 saturated carbocycles. The summed E-state index contributed by atoms with van der Waals surface area (Å²) >= 11 is 5.91. The molecule has 0 aliphatic rings. The van der Waals surface area contributed by atoms with Crippen LogP contribution in [0.4, 0.5) is 0 Å². The number of aryl methyl sites for hydroxylation is 1. The third kappa shape index (κ3) is 6.20. The summed E-state index contributed by atoms with van der Waals surface area (Å²) in [5.41, 5.74) is 2.19. The second kappa shape index (κ2) is 11.9. The fourth-order valence-corrected chi connectivity index (χ4v) is 5.47. The number of amides is 1. The predicted octanol–water partition coefficient (Wildman–Crippen LogP) is 5.96. The summed E-state index contributed by atoms with van der Waals surface area (Å²) in [5, 5.41) is 4.19. The molecule has 1 heterocycles. The standard InChI is InChI=1S/C26H33ClN2O4S/c1-4-6-16-29(17-7-5-2)34(31,32)22-12-13-24-23(18-22)19(3)25(33-24)26(30)28-15-14-20-8-10-21(27)11-9-20/h8-13,18H,4-7,14-17H2,1-3H3,(H,28,30). The average Bonchev–Trinajstić information content (AvgIpc) is 3.16. The molecule has 0 aliphatic carbocycles. The van der Waals surface area contributed by atoms with E-state index in [4.69, 9.17) is 16.0 Å². The maximum atomic E-state index is 13.3. The number of sulfonamides is 1. The van der Waals surface area contributed by atoms with Crippen LogP contribution in [0.2, 0.25) is 5.02 Å². The Bertz CT molecular complexity index is 1210. The highest BCUT2D eigenvalue weighted by Crippen LogP contribution is 2.29. The number of nitrogens with one attached hydrogen (secondary N) is 1. The van der Waals surface area contributed by atoms with Gasteiger partial charge in [0.2, 0.25) is 10.0 Å². The Morgan fingerprint density at radius 2 is 1.68 bits per heavy atom. The molecular formula is C26H33ClN2O4S. The summed E-state index contributed by atoms with van der Waals surface area (Å²) in [6, 6.07) is 12.3. The van der Waals surface area contributed by atoms with Crippen LogP contribution in [0.25, 0.3) is 11.0 Å². The molecule has 1 aromatic heterocycles. The van der Waals surface area contributed by atoms with E-state index in [1.807, 2.05) is 38.1 Å². The van der Waals surface area contributed by atoms with Gasteiger partial charge >= 0.3 is 0 Å². The molecule has 0 aliphatic heterocycles. The van der Waals surface area contributed by atoms with Gasteiger partial charge in [0.1, 0.15) is 5.58 Å². The van der Waals surface area contributed by atoms with E-state index in [2.05, 4.69) is 5.32 Å². The number of fused-ring (bicyclic) bond motifs is 1. The van der Waals surface area contributed by atoms with E-state index in [-0.39, 0.29) is 16.6 Å². The van der Waals surface area contributed by atoms with Crippen molar-refractivity contribution in [2.45, 2.75) is 57.8 Å². The Hall–Kier alpha value is -2.35. The lowest BCUT2D eigenvalue weighted by Crippen LogP contribution is -2.33. The molecule has 184 valence electrons. The summed E-state index contributed by atoms with van der Waals surface area (Å²) in [4.78, 5) is 13.0. The van der Waals surface area contributed by atoms with Crippen LogP contribution in [-0.4, -0.2) is 38.3 Å². The maximum absolute atomic E-state index is 13.3. The molecule has 0 radical (unpaired) electrons. The Morgan fingerprint density at radius 1 is 1.03 bits per heavy atom. The van der Waals surface area contributed by atoms with Crippen molar-refractivity contribution < 1.29 is 17.6 Å². The number of carbonyl (C=O) groups is 1. The van der Waals surface area contributed by atoms with E-state index in [9.17, 15) is 13.2 Å². The summed E-state index contributed by atoms with van der Waals surface area (Å²) < 4.78 is 34.1. The number of benzene rings is 2. The largest absolute Gasteiger partial charge is 0.451 e. The van der Waals surface area contributed by atoms with Crippen LogP contribution < -0.4 is 5.32 Å². The number of unbranched alkanes of at least 4 members (excludes halogenated alkanes) is 2. The van der Waals surface area contributed by atoms with Gasteiger partial charge in [0.15, 0.2) is 5.76 Å². The van der Waals surface area contributed by atoms with Crippen molar-refractivity contribution >= 4 is 38.5 Å². The third-order valence-corrected chi connectivity index (χ3v) is 8.03. The van der Waals surface area contributed by atoms with Crippen molar-refractivity contribution in [2.75, 3.05) is 19.6 Å². The van der Waals surface area contributed by atoms with Crippen LogP contribution in [0.1, 0.15) is 61.2 Å². The highest BCUT2D eigenvalue weighted by Gasteiger charge is 2.25. The van der Waals surface area contributed by atoms with Crippen molar-refractivity contribution in [3.63, 3.8) is 0 Å². The molecule has 0 fully saturated rings. The highest BCUT2D eigenvalue weighted by atomic mass is 35.5. The average molecular weight is 505 g/mol. The van der Waals surface area contributed by atoms with Crippen LogP contribution in [0.5, 0.6) is 0 Å². The van der Waals surface area contributed by atoms with Crippen molar-refractivity contribution in [3.05, 3.63) is 64.4 Å². The first kappa shape index (κ1) is 26.3. The van der Waals surface area contributed by atoms with Gasteiger partial charge in [-0.2, -0.15) is 4.31 Å². The van der Waals surface area contributed by atoms with Gasteiger partial charge in [-0.05, 0) is 62.1 Å². The van der Waals surface area contributed by atoms with E-state index >= 15 is 0 Å². The Balaban J connectivity index is 1.78. The zero-order chi connectivity index (χ0) is 24.7. The molecule has 6 nitrogen and oxygen atoms in total. The fraction of sp³-hybridized carbons (Fsp3) is 0.423. The molecule has 0 unspecified atom stereocenters. The lowest BCUT2D eigenvalue weighted by molar-refractivity contribution is 0.0927. The van der Waals surface area contributed by atoms with E-state index in [1.54, 1.807) is 29.4 Å². The Kier molecular flexibility index (Phi) is 9.17. The van der Waals surface area contributed by atoms with Gasteiger partial charge in [0, 0.05) is 35.6 Å². The SMILES string of the molecule is CCCCN(CCCC)S(=O)(=O)c1ccc2oc(C(=O)NCCc3ccc(Cl)cc3)c(C)c2c1. The summed E-state index contributed by atoms with van der Waals surface area (Å²) in [5.74, 6) is -0.117. The normalized spacial score (nSPS) is 11.9. The minimum atomic E-state index is -3.63. The number of nitrogens with zero attached hydrogens (tertiary/aromatic N) is 1. The van der Waals surface area contributed by atoms with Crippen LogP contribution >= 0.6 is 11.6 Å². The first-order chi connectivity index (χ1) is 16.3. The molecular weight excluding hydrogens is 472 g/mol. The molecule has 0 saturated heterocycles. The summed E-state index contributed by atoms with van der Waals surface area (Å²) in [7, 11) is -3.63. The van der Waals surface area contributed by atoms with E-state index < -0.39 is 10.0 Å². The van der Waals surface area contributed by atoms with Crippen LogP contribution in [0.3, 0.4) is 0 Å². The second-order valence-corrected chi connectivity index (χ2v) is 10.8. The van der Waals surface area contributed by atoms with E-state index in [1.165, 1.54) is 0 Å². The predicted molar refractivity (Wildman–Crippen MR) is 137 cm³/mol. The molecule has 3 rings (SSSR count). The van der Waals surface area contributed by atoms with Gasteiger partial charge in [-0.1, -0.05) is 50.4 Å². The van der Waals surface area contributed by atoms with Crippen molar-refractivity contribution in [1.82, 2.24) is 9.62 Å². The quantitative estimate of drug-likeness (QED) is 0.330. The van der Waals surface area contributed by atoms with Gasteiger partial charge in [-0.15, -0.1) is 0 Å². The number of furan rings is 1. The van der Waals surface area contributed by atoms with Gasteiger partial charge in [-0.3, -0.25) is 4.79 Å². The molecule has 3 aromatic rings. The Labute approximate surface area is 207 Å². The second-order valence-electron chi connectivity index (χ2n) is 8.46. The summed E-state index contributed by atoms with van der Waals surface area (Å²) in [6.45, 7) is 7.33. The first-order valence-corrected chi connectivity index (χ1v) is 13.7. The number of halogens is 1. The zero-order valence-electron chi connectivity index (χ0n) is 20.1. The lowest BCUT2D eigenvalue weighted by atomic mass is 10.1. The number of hydrogen-bond donors (Lipinski definition) is 1. The molecule has 0 spiro atoms. The number of rotatable bonds is 12. The Morgan fingerprint density at radius 3 is 2.29 bits per heavy atom. The molecule has 1 N–H and O–H groups in total. The van der Waals surface area contributed by atoms with Gasteiger partial charge in [0.05, 0.1) is 4.90 Å². The molecule has 0 bridgehead atoms. The molecule has 1 amide bonds. The van der Waals surface area contributed by atoms with Crippen molar-refractivity contribution in [1.29, 1.82) is 0 Å². The zero-order valence-corrected chi connectivity index (χ0v) is 21.6. The van der Waals surface area contributed by atoms with Gasteiger partial charge in [-0.25, -0.2) is 8.42 Å². The van der Waals surface area contributed by atoms with Crippen molar-refractivity contribution in [3.8, 4) is 0 Å². The van der Waals surface area contributed by atoms with E-state index in [0.717, 1.165) is 31.2 Å². The maximum Gasteiger partial charge on any atom is 0.287 e.